The van der Waals surface area contributed by atoms with Gasteiger partial charge < -0.3 is 11.1 Å². The topological polar surface area (TPSA) is 89.5 Å². The van der Waals surface area contributed by atoms with E-state index in [9.17, 15) is 4.79 Å². The second-order valence-electron chi connectivity index (χ2n) is 4.15. The highest BCUT2D eigenvalue weighted by atomic mass is 16.1. The standard InChI is InChI=1S/C9H15N5O/c1-4-5(2)14(3)6-7(11-4)12-9(10)13-8(6)15/h4-5H,1-3H3,(H4,10,11,12,13,15)/p+2/t4-,5+/m1/s1. The van der Waals surface area contributed by atoms with Crippen molar-refractivity contribution in [1.82, 2.24) is 4.98 Å². The molecule has 3 atom stereocenters. The maximum absolute atomic E-state index is 11.7. The molecule has 0 spiro atoms. The van der Waals surface area contributed by atoms with Crippen molar-refractivity contribution in [2.24, 2.45) is 0 Å². The Morgan fingerprint density at radius 2 is 2.13 bits per heavy atom. The summed E-state index contributed by atoms with van der Waals surface area (Å²) in [5.41, 5.74) is 6.10. The molecule has 0 bridgehead atoms. The summed E-state index contributed by atoms with van der Waals surface area (Å²) in [6.07, 6.45) is 0. The van der Waals surface area contributed by atoms with Crippen molar-refractivity contribution in [3.63, 3.8) is 0 Å². The number of nitrogen functional groups attached to an aromatic ring is 1. The maximum Gasteiger partial charge on any atom is 0.360 e. The zero-order valence-electron chi connectivity index (χ0n) is 9.14. The Hall–Kier alpha value is -1.56. The normalized spacial score (nSPS) is 29.4. The van der Waals surface area contributed by atoms with Gasteiger partial charge in [0, 0.05) is 0 Å². The largest absolute Gasteiger partial charge is 0.360 e. The van der Waals surface area contributed by atoms with E-state index in [1.165, 1.54) is 0 Å². The van der Waals surface area contributed by atoms with Gasteiger partial charge in [0.1, 0.15) is 12.1 Å². The van der Waals surface area contributed by atoms with Crippen molar-refractivity contribution >= 4 is 17.5 Å². The molecule has 1 unspecified atom stereocenters. The van der Waals surface area contributed by atoms with Gasteiger partial charge in [-0.3, -0.25) is 4.90 Å². The van der Waals surface area contributed by atoms with Crippen LogP contribution in [0.5, 0.6) is 0 Å². The van der Waals surface area contributed by atoms with Gasteiger partial charge >= 0.3 is 11.5 Å². The number of H-pyrrole nitrogens is 2. The van der Waals surface area contributed by atoms with Crippen molar-refractivity contribution in [3.8, 4) is 0 Å². The zero-order valence-corrected chi connectivity index (χ0v) is 9.14. The molecule has 6 heteroatoms. The minimum Gasteiger partial charge on any atom is -0.310 e. The van der Waals surface area contributed by atoms with E-state index in [-0.39, 0.29) is 11.5 Å². The first kappa shape index (κ1) is 9.97. The van der Waals surface area contributed by atoms with E-state index in [4.69, 9.17) is 5.73 Å². The number of anilines is 2. The lowest BCUT2D eigenvalue weighted by Crippen LogP contribution is -3.11. The van der Waals surface area contributed by atoms with Crippen LogP contribution in [0, 0.1) is 0 Å². The molecule has 6 N–H and O–H groups in total. The van der Waals surface area contributed by atoms with E-state index < -0.39 is 0 Å². The van der Waals surface area contributed by atoms with Gasteiger partial charge in [0.05, 0.1) is 7.05 Å². The van der Waals surface area contributed by atoms with Gasteiger partial charge in [-0.1, -0.05) is 0 Å². The van der Waals surface area contributed by atoms with Crippen LogP contribution in [0.4, 0.5) is 17.5 Å². The van der Waals surface area contributed by atoms with Gasteiger partial charge in [-0.2, -0.15) is 0 Å². The Bertz CT molecular complexity index is 441. The van der Waals surface area contributed by atoms with Crippen LogP contribution in [0.1, 0.15) is 13.8 Å². The summed E-state index contributed by atoms with van der Waals surface area (Å²) in [6, 6.07) is 0.644. The predicted molar refractivity (Wildman–Crippen MR) is 57.1 cm³/mol. The lowest BCUT2D eigenvalue weighted by atomic mass is 10.1. The minimum absolute atomic E-state index is 0.134. The molecule has 0 aliphatic carbocycles. The Labute approximate surface area is 87.5 Å². The van der Waals surface area contributed by atoms with E-state index >= 15 is 0 Å². The highest BCUT2D eigenvalue weighted by Gasteiger charge is 2.36. The Morgan fingerprint density at radius 1 is 1.47 bits per heavy atom. The number of hydrogen-bond acceptors (Lipinski definition) is 3. The van der Waals surface area contributed by atoms with Gasteiger partial charge in [0.2, 0.25) is 0 Å². The van der Waals surface area contributed by atoms with Gasteiger partial charge in [-0.25, -0.2) is 14.8 Å². The molecule has 0 amide bonds. The number of quaternary nitrogens is 1. The minimum atomic E-state index is -0.134. The van der Waals surface area contributed by atoms with E-state index in [0.717, 1.165) is 10.7 Å². The molecular weight excluding hydrogens is 194 g/mol. The van der Waals surface area contributed by atoms with Crippen LogP contribution < -0.4 is 26.5 Å². The second-order valence-corrected chi connectivity index (χ2v) is 4.15. The molecule has 0 saturated carbocycles. The molecule has 1 aliphatic rings. The van der Waals surface area contributed by atoms with Crippen LogP contribution in [0.25, 0.3) is 0 Å². The fraction of sp³-hybridized carbons (Fsp3) is 0.556. The molecular formula is C9H17N5O+2. The van der Waals surface area contributed by atoms with E-state index in [0.29, 0.717) is 17.8 Å². The van der Waals surface area contributed by atoms with Crippen LogP contribution in [-0.2, 0) is 0 Å². The molecule has 82 valence electrons. The van der Waals surface area contributed by atoms with Crippen molar-refractivity contribution in [1.29, 1.82) is 0 Å². The van der Waals surface area contributed by atoms with Crippen LogP contribution in [0.3, 0.4) is 0 Å². The SMILES string of the molecule is C[C@H]1Nc2[nH+]c(N)[nH]c(=O)c2[NH+](C)[C@H]1C. The lowest BCUT2D eigenvalue weighted by molar-refractivity contribution is -0.841. The number of rotatable bonds is 0. The molecule has 0 saturated heterocycles. The Kier molecular flexibility index (Phi) is 2.15. The molecule has 2 rings (SSSR count). The quantitative estimate of drug-likeness (QED) is 0.405. The number of nitrogens with two attached hydrogens (primary N) is 1. The smallest absolute Gasteiger partial charge is 0.310 e. The van der Waals surface area contributed by atoms with Gasteiger partial charge in [-0.05, 0) is 13.8 Å². The summed E-state index contributed by atoms with van der Waals surface area (Å²) in [5, 5.41) is 3.25. The summed E-state index contributed by atoms with van der Waals surface area (Å²) >= 11 is 0. The molecule has 0 radical (unpaired) electrons. The molecule has 6 nitrogen and oxygen atoms in total. The molecule has 15 heavy (non-hydrogen) atoms. The van der Waals surface area contributed by atoms with E-state index in [1.807, 2.05) is 7.05 Å². The maximum atomic E-state index is 11.7. The first-order valence-electron chi connectivity index (χ1n) is 5.06. The van der Waals surface area contributed by atoms with E-state index in [2.05, 4.69) is 29.1 Å². The Morgan fingerprint density at radius 3 is 2.80 bits per heavy atom. The van der Waals surface area contributed by atoms with Gasteiger partial charge in [-0.15, -0.1) is 0 Å². The third-order valence-electron chi connectivity index (χ3n) is 3.18. The van der Waals surface area contributed by atoms with Crippen LogP contribution >= 0.6 is 0 Å². The van der Waals surface area contributed by atoms with Crippen LogP contribution in [0.15, 0.2) is 4.79 Å². The number of aromatic nitrogens is 2. The lowest BCUT2D eigenvalue weighted by Gasteiger charge is -2.30. The van der Waals surface area contributed by atoms with Crippen molar-refractivity contribution in [2.45, 2.75) is 25.9 Å². The highest BCUT2D eigenvalue weighted by Crippen LogP contribution is 2.13. The third-order valence-corrected chi connectivity index (χ3v) is 3.18. The third kappa shape index (κ3) is 1.46. The van der Waals surface area contributed by atoms with Crippen molar-refractivity contribution in [2.75, 3.05) is 18.1 Å². The average molecular weight is 211 g/mol. The summed E-state index contributed by atoms with van der Waals surface area (Å²) in [4.78, 5) is 18.3. The summed E-state index contributed by atoms with van der Waals surface area (Å²) in [5.74, 6) is 1.00. The zero-order chi connectivity index (χ0) is 11.2. The first-order chi connectivity index (χ1) is 7.00. The molecule has 0 aromatic carbocycles. The first-order valence-corrected chi connectivity index (χ1v) is 5.06. The monoisotopic (exact) mass is 211 g/mol. The molecule has 1 aromatic rings. The fourth-order valence-corrected chi connectivity index (χ4v) is 1.97. The second kappa shape index (κ2) is 3.23. The summed E-state index contributed by atoms with van der Waals surface area (Å²) < 4.78 is 0. The number of fused-ring (bicyclic) bond motifs is 1. The molecule has 1 aliphatic heterocycles. The van der Waals surface area contributed by atoms with Crippen molar-refractivity contribution in [3.05, 3.63) is 10.4 Å². The van der Waals surface area contributed by atoms with Gasteiger partial charge in [0.25, 0.3) is 11.5 Å². The number of nitrogens with one attached hydrogen (secondary N) is 4. The fourth-order valence-electron chi connectivity index (χ4n) is 1.97. The van der Waals surface area contributed by atoms with Crippen LogP contribution in [0.2, 0.25) is 0 Å². The number of likely N-dealkylation sites (N-methyl/N-ethyl adjacent to an activating group) is 1. The Balaban J connectivity index is 2.60. The summed E-state index contributed by atoms with van der Waals surface area (Å²) in [6.45, 7) is 4.19. The van der Waals surface area contributed by atoms with E-state index in [1.54, 1.807) is 0 Å². The number of hydrogen-bond donors (Lipinski definition) is 4. The number of aromatic amines is 2. The van der Waals surface area contributed by atoms with Crippen molar-refractivity contribution < 1.29 is 9.88 Å². The molecule has 2 heterocycles. The average Bonchev–Trinajstić information content (AvgIpc) is 2.13. The molecule has 1 aromatic heterocycles. The predicted octanol–water partition coefficient (Wildman–Crippen LogP) is -1.88. The van der Waals surface area contributed by atoms with Crippen LogP contribution in [-0.4, -0.2) is 24.1 Å². The summed E-state index contributed by atoms with van der Waals surface area (Å²) in [7, 11) is 1.99. The van der Waals surface area contributed by atoms with Gasteiger partial charge in [0.15, 0.2) is 0 Å². The highest BCUT2D eigenvalue weighted by molar-refractivity contribution is 5.52. The molecule has 0 fully saturated rings.